The molecule has 0 atom stereocenters. The van der Waals surface area contributed by atoms with Crippen LogP contribution in [-0.2, 0) is 0 Å². The summed E-state index contributed by atoms with van der Waals surface area (Å²) in [6, 6.07) is 10.0. The van der Waals surface area contributed by atoms with Gasteiger partial charge < -0.3 is 14.6 Å². The molecule has 0 heterocycles. The number of phenols is 1. The molecule has 23 heavy (non-hydrogen) atoms. The third-order valence-electron chi connectivity index (χ3n) is 3.19. The summed E-state index contributed by atoms with van der Waals surface area (Å²) in [7, 11) is 2.97. The van der Waals surface area contributed by atoms with E-state index in [0.717, 1.165) is 5.56 Å². The second-order valence-corrected chi connectivity index (χ2v) is 4.83. The zero-order valence-electron chi connectivity index (χ0n) is 13.2. The SMILES string of the molecule is COc1cc(/C=N\NC(=O)c2ccc(C)cc2OC)ccc1O. The lowest BCUT2D eigenvalue weighted by molar-refractivity contribution is 0.0952. The van der Waals surface area contributed by atoms with Gasteiger partial charge in [-0.1, -0.05) is 6.07 Å². The second-order valence-electron chi connectivity index (χ2n) is 4.83. The summed E-state index contributed by atoms with van der Waals surface area (Å²) in [6.45, 7) is 1.92. The van der Waals surface area contributed by atoms with E-state index in [9.17, 15) is 9.90 Å². The Balaban J connectivity index is 2.10. The molecule has 2 aromatic rings. The summed E-state index contributed by atoms with van der Waals surface area (Å²) in [4.78, 5) is 12.1. The van der Waals surface area contributed by atoms with E-state index in [1.807, 2.05) is 13.0 Å². The Morgan fingerprint density at radius 2 is 1.87 bits per heavy atom. The molecule has 0 saturated carbocycles. The molecule has 6 heteroatoms. The minimum atomic E-state index is -0.371. The van der Waals surface area contributed by atoms with Crippen molar-refractivity contribution in [3.05, 3.63) is 53.1 Å². The van der Waals surface area contributed by atoms with E-state index in [2.05, 4.69) is 10.5 Å². The van der Waals surface area contributed by atoms with Gasteiger partial charge in [-0.25, -0.2) is 5.43 Å². The van der Waals surface area contributed by atoms with Gasteiger partial charge in [0, 0.05) is 0 Å². The molecular weight excluding hydrogens is 296 g/mol. The van der Waals surface area contributed by atoms with Crippen molar-refractivity contribution in [2.24, 2.45) is 5.10 Å². The number of hydrogen-bond donors (Lipinski definition) is 2. The van der Waals surface area contributed by atoms with Crippen LogP contribution in [0.4, 0.5) is 0 Å². The second kappa shape index (κ2) is 7.31. The Morgan fingerprint density at radius 1 is 1.13 bits per heavy atom. The van der Waals surface area contributed by atoms with Crippen LogP contribution in [0, 0.1) is 6.92 Å². The molecule has 0 fully saturated rings. The Labute approximate surface area is 134 Å². The molecule has 0 radical (unpaired) electrons. The minimum absolute atomic E-state index is 0.0399. The quantitative estimate of drug-likeness (QED) is 0.656. The number of methoxy groups -OCH3 is 2. The summed E-state index contributed by atoms with van der Waals surface area (Å²) in [5.74, 6) is 0.492. The molecule has 0 aliphatic carbocycles. The Kier molecular flexibility index (Phi) is 5.19. The Hall–Kier alpha value is -3.02. The average molecular weight is 314 g/mol. The van der Waals surface area contributed by atoms with Gasteiger partial charge in [0.2, 0.25) is 0 Å². The molecular formula is C17H18N2O4. The molecule has 0 aromatic heterocycles. The fourth-order valence-corrected chi connectivity index (χ4v) is 1.99. The van der Waals surface area contributed by atoms with E-state index in [1.165, 1.54) is 26.5 Å². The van der Waals surface area contributed by atoms with Gasteiger partial charge in [-0.15, -0.1) is 0 Å². The molecule has 0 spiro atoms. The van der Waals surface area contributed by atoms with Crippen molar-refractivity contribution in [3.8, 4) is 17.2 Å². The highest BCUT2D eigenvalue weighted by Gasteiger charge is 2.11. The number of benzene rings is 2. The van der Waals surface area contributed by atoms with Gasteiger partial charge in [-0.2, -0.15) is 5.10 Å². The van der Waals surface area contributed by atoms with Crippen LogP contribution < -0.4 is 14.9 Å². The van der Waals surface area contributed by atoms with Gasteiger partial charge >= 0.3 is 0 Å². The topological polar surface area (TPSA) is 80.2 Å². The lowest BCUT2D eigenvalue weighted by Crippen LogP contribution is -2.18. The highest BCUT2D eigenvalue weighted by Crippen LogP contribution is 2.25. The largest absolute Gasteiger partial charge is 0.504 e. The number of hydrazone groups is 1. The van der Waals surface area contributed by atoms with Gasteiger partial charge in [-0.3, -0.25) is 4.79 Å². The van der Waals surface area contributed by atoms with Crippen molar-refractivity contribution in [2.75, 3.05) is 14.2 Å². The third kappa shape index (κ3) is 4.00. The first-order valence-electron chi connectivity index (χ1n) is 6.90. The zero-order chi connectivity index (χ0) is 16.8. The van der Waals surface area contributed by atoms with E-state index in [4.69, 9.17) is 9.47 Å². The number of hydrogen-bond acceptors (Lipinski definition) is 5. The summed E-state index contributed by atoms with van der Waals surface area (Å²) in [5.41, 5.74) is 4.52. The van der Waals surface area contributed by atoms with Crippen molar-refractivity contribution in [1.82, 2.24) is 5.43 Å². The van der Waals surface area contributed by atoms with Crippen LogP contribution in [-0.4, -0.2) is 31.4 Å². The van der Waals surface area contributed by atoms with Crippen LogP contribution in [0.1, 0.15) is 21.5 Å². The lowest BCUT2D eigenvalue weighted by atomic mass is 10.1. The van der Waals surface area contributed by atoms with Crippen molar-refractivity contribution in [2.45, 2.75) is 6.92 Å². The van der Waals surface area contributed by atoms with Gasteiger partial charge in [0.05, 0.1) is 26.0 Å². The molecule has 0 saturated heterocycles. The fourth-order valence-electron chi connectivity index (χ4n) is 1.99. The van der Waals surface area contributed by atoms with Crippen LogP contribution in [0.25, 0.3) is 0 Å². The van der Waals surface area contributed by atoms with Gasteiger partial charge in [0.15, 0.2) is 11.5 Å². The first kappa shape index (κ1) is 16.4. The third-order valence-corrected chi connectivity index (χ3v) is 3.19. The molecule has 0 aliphatic rings. The monoisotopic (exact) mass is 314 g/mol. The molecule has 0 bridgehead atoms. The highest BCUT2D eigenvalue weighted by atomic mass is 16.5. The predicted octanol–water partition coefficient (Wildman–Crippen LogP) is 2.48. The number of aromatic hydroxyl groups is 1. The van der Waals surface area contributed by atoms with Crippen LogP contribution in [0.2, 0.25) is 0 Å². The number of amides is 1. The maximum Gasteiger partial charge on any atom is 0.275 e. The number of nitrogens with one attached hydrogen (secondary N) is 1. The average Bonchev–Trinajstić information content (AvgIpc) is 2.56. The normalized spacial score (nSPS) is 10.6. The van der Waals surface area contributed by atoms with Crippen molar-refractivity contribution in [1.29, 1.82) is 0 Å². The molecule has 0 unspecified atom stereocenters. The number of ether oxygens (including phenoxy) is 2. The molecule has 120 valence electrons. The molecule has 2 N–H and O–H groups in total. The van der Waals surface area contributed by atoms with E-state index in [-0.39, 0.29) is 11.7 Å². The Bertz CT molecular complexity index is 741. The van der Waals surface area contributed by atoms with Crippen molar-refractivity contribution in [3.63, 3.8) is 0 Å². The van der Waals surface area contributed by atoms with Gasteiger partial charge in [-0.05, 0) is 48.4 Å². The van der Waals surface area contributed by atoms with Gasteiger partial charge in [0.1, 0.15) is 5.75 Å². The van der Waals surface area contributed by atoms with Crippen molar-refractivity contribution >= 4 is 12.1 Å². The molecule has 2 rings (SSSR count). The predicted molar refractivity (Wildman–Crippen MR) is 87.5 cm³/mol. The first-order valence-corrected chi connectivity index (χ1v) is 6.90. The summed E-state index contributed by atoms with van der Waals surface area (Å²) >= 11 is 0. The minimum Gasteiger partial charge on any atom is -0.504 e. The highest BCUT2D eigenvalue weighted by molar-refractivity contribution is 5.97. The number of aryl methyl sites for hydroxylation is 1. The van der Waals surface area contributed by atoms with E-state index < -0.39 is 0 Å². The maximum atomic E-state index is 12.1. The molecule has 0 aliphatic heterocycles. The standard InChI is InChI=1S/C17H18N2O4/c1-11-4-6-13(15(8-11)22-2)17(21)19-18-10-12-5-7-14(20)16(9-12)23-3/h4-10,20H,1-3H3,(H,19,21)/b18-10-. The number of nitrogens with zero attached hydrogens (tertiary/aromatic N) is 1. The summed E-state index contributed by atoms with van der Waals surface area (Å²) in [5, 5.41) is 13.4. The van der Waals surface area contributed by atoms with E-state index in [1.54, 1.807) is 24.3 Å². The molecule has 2 aromatic carbocycles. The maximum absolute atomic E-state index is 12.1. The Morgan fingerprint density at radius 3 is 2.57 bits per heavy atom. The smallest absolute Gasteiger partial charge is 0.275 e. The summed E-state index contributed by atoms with van der Waals surface area (Å²) in [6.07, 6.45) is 1.46. The zero-order valence-corrected chi connectivity index (χ0v) is 13.2. The number of carbonyl (C=O) groups is 1. The summed E-state index contributed by atoms with van der Waals surface area (Å²) < 4.78 is 10.2. The van der Waals surface area contributed by atoms with Crippen LogP contribution in [0.5, 0.6) is 17.2 Å². The van der Waals surface area contributed by atoms with E-state index >= 15 is 0 Å². The van der Waals surface area contributed by atoms with Gasteiger partial charge in [0.25, 0.3) is 5.91 Å². The van der Waals surface area contributed by atoms with Crippen molar-refractivity contribution < 1.29 is 19.4 Å². The number of carbonyl (C=O) groups excluding carboxylic acids is 1. The van der Waals surface area contributed by atoms with Crippen LogP contribution >= 0.6 is 0 Å². The number of rotatable bonds is 5. The molecule has 1 amide bonds. The molecule has 6 nitrogen and oxygen atoms in total. The van der Waals surface area contributed by atoms with Crippen LogP contribution in [0.3, 0.4) is 0 Å². The lowest BCUT2D eigenvalue weighted by Gasteiger charge is -2.07. The first-order chi connectivity index (χ1) is 11.0. The fraction of sp³-hybridized carbons (Fsp3) is 0.176. The van der Waals surface area contributed by atoms with Crippen LogP contribution in [0.15, 0.2) is 41.5 Å². The van der Waals surface area contributed by atoms with E-state index in [0.29, 0.717) is 22.6 Å². The number of phenolic OH excluding ortho intramolecular Hbond substituents is 1.